The molecule has 2 aliphatic heterocycles. The molecule has 1 saturated carbocycles. The third kappa shape index (κ3) is 5.46. The van der Waals surface area contributed by atoms with Gasteiger partial charge in [-0.15, -0.1) is 24.8 Å². The Morgan fingerprint density at radius 3 is 2.26 bits per heavy atom. The van der Waals surface area contributed by atoms with Crippen molar-refractivity contribution in [3.63, 3.8) is 0 Å². The zero-order valence-corrected chi connectivity index (χ0v) is 15.4. The van der Waals surface area contributed by atoms with E-state index in [0.717, 1.165) is 44.8 Å². The molecule has 2 atom stereocenters. The average molecular weight is 368 g/mol. The molecule has 5 nitrogen and oxygen atoms in total. The molecule has 3 aliphatic rings. The number of hydrogen-bond donors (Lipinski definition) is 2. The van der Waals surface area contributed by atoms with E-state index in [1.165, 1.54) is 25.7 Å². The number of carbonyl (C=O) groups is 1. The van der Waals surface area contributed by atoms with Gasteiger partial charge in [-0.3, -0.25) is 4.79 Å². The Labute approximate surface area is 151 Å². The molecule has 1 amide bonds. The topological polar surface area (TPSA) is 67.6 Å². The summed E-state index contributed by atoms with van der Waals surface area (Å²) < 4.78 is 5.67. The largest absolute Gasteiger partial charge is 0.364 e. The molecule has 23 heavy (non-hydrogen) atoms. The minimum Gasteiger partial charge on any atom is -0.364 e. The van der Waals surface area contributed by atoms with Gasteiger partial charge in [-0.1, -0.05) is 12.8 Å². The van der Waals surface area contributed by atoms with E-state index in [-0.39, 0.29) is 42.9 Å². The number of carbonyl (C=O) groups excluding carboxylic acids is 1. The second-order valence-electron chi connectivity index (χ2n) is 6.82. The zero-order chi connectivity index (χ0) is 14.7. The lowest BCUT2D eigenvalue weighted by atomic mass is 10.0. The number of likely N-dealkylation sites (tertiary alicyclic amines) is 1. The molecule has 0 radical (unpaired) electrons. The highest BCUT2D eigenvalue weighted by Crippen LogP contribution is 2.26. The molecule has 1 aliphatic carbocycles. The van der Waals surface area contributed by atoms with Gasteiger partial charge in [0.2, 0.25) is 5.91 Å². The van der Waals surface area contributed by atoms with E-state index in [0.29, 0.717) is 12.6 Å². The maximum absolute atomic E-state index is 12.2. The summed E-state index contributed by atoms with van der Waals surface area (Å²) in [7, 11) is 0. The van der Waals surface area contributed by atoms with Crippen molar-refractivity contribution >= 4 is 30.7 Å². The van der Waals surface area contributed by atoms with Crippen molar-refractivity contribution in [3.8, 4) is 0 Å². The lowest BCUT2D eigenvalue weighted by Crippen LogP contribution is -2.49. The summed E-state index contributed by atoms with van der Waals surface area (Å²) in [5, 5.41) is 3.19. The summed E-state index contributed by atoms with van der Waals surface area (Å²) in [6, 6.07) is 1.14. The van der Waals surface area contributed by atoms with Gasteiger partial charge in [-0.25, -0.2) is 0 Å². The summed E-state index contributed by atoms with van der Waals surface area (Å²) in [4.78, 5) is 14.9. The van der Waals surface area contributed by atoms with Gasteiger partial charge in [0.05, 0.1) is 6.10 Å². The second-order valence-corrected chi connectivity index (χ2v) is 6.82. The Morgan fingerprint density at radius 1 is 1.04 bits per heavy atom. The maximum atomic E-state index is 12.2. The molecule has 0 spiro atoms. The molecule has 2 heterocycles. The molecular weight excluding hydrogens is 337 g/mol. The van der Waals surface area contributed by atoms with Crippen LogP contribution in [0.5, 0.6) is 0 Å². The predicted molar refractivity (Wildman–Crippen MR) is 96.4 cm³/mol. The Morgan fingerprint density at radius 2 is 1.70 bits per heavy atom. The van der Waals surface area contributed by atoms with Crippen LogP contribution >= 0.6 is 24.8 Å². The fraction of sp³-hybridized carbons (Fsp3) is 0.938. The van der Waals surface area contributed by atoms with Crippen LogP contribution in [0.4, 0.5) is 0 Å². The predicted octanol–water partition coefficient (Wildman–Crippen LogP) is 1.86. The van der Waals surface area contributed by atoms with Crippen LogP contribution in [0.15, 0.2) is 0 Å². The van der Waals surface area contributed by atoms with Gasteiger partial charge in [-0.05, 0) is 38.5 Å². The van der Waals surface area contributed by atoms with Crippen molar-refractivity contribution in [1.29, 1.82) is 0 Å². The molecule has 2 saturated heterocycles. The van der Waals surface area contributed by atoms with Crippen molar-refractivity contribution in [1.82, 2.24) is 10.2 Å². The molecule has 7 heteroatoms. The first-order valence-corrected chi connectivity index (χ1v) is 8.66. The van der Waals surface area contributed by atoms with Crippen molar-refractivity contribution in [3.05, 3.63) is 0 Å². The number of rotatable bonds is 4. The Balaban J connectivity index is 0.00000132. The minimum absolute atomic E-state index is 0. The van der Waals surface area contributed by atoms with Crippen LogP contribution in [-0.2, 0) is 9.53 Å². The van der Waals surface area contributed by atoms with Gasteiger partial charge in [0.1, 0.15) is 6.10 Å². The second kappa shape index (κ2) is 10.0. The normalized spacial score (nSPS) is 29.8. The standard InChI is InChI=1S/C16H29N3O2.2ClH/c17-11-14-5-6-15(21-14)16(20)18-12-7-9-19(10-8-12)13-3-1-2-4-13;;/h12-15H,1-11,17H2,(H,18,20);2*1H/t14-,15+;;/m1../s1. The van der Waals surface area contributed by atoms with E-state index < -0.39 is 0 Å². The maximum Gasteiger partial charge on any atom is 0.249 e. The van der Waals surface area contributed by atoms with Crippen LogP contribution in [0.1, 0.15) is 51.4 Å². The van der Waals surface area contributed by atoms with E-state index in [1.54, 1.807) is 0 Å². The quantitative estimate of drug-likeness (QED) is 0.795. The number of amides is 1. The monoisotopic (exact) mass is 367 g/mol. The van der Waals surface area contributed by atoms with Crippen LogP contribution in [-0.4, -0.2) is 54.7 Å². The van der Waals surface area contributed by atoms with E-state index in [9.17, 15) is 4.79 Å². The van der Waals surface area contributed by atoms with Crippen LogP contribution < -0.4 is 11.1 Å². The molecule has 0 aromatic heterocycles. The van der Waals surface area contributed by atoms with Crippen molar-refractivity contribution < 1.29 is 9.53 Å². The summed E-state index contributed by atoms with van der Waals surface area (Å²) in [6.45, 7) is 2.78. The first-order chi connectivity index (χ1) is 10.3. The molecular formula is C16H31Cl2N3O2. The number of ether oxygens (including phenoxy) is 1. The summed E-state index contributed by atoms with van der Waals surface area (Å²) >= 11 is 0. The van der Waals surface area contributed by atoms with Crippen LogP contribution in [0.3, 0.4) is 0 Å². The molecule has 136 valence electrons. The number of halogens is 2. The van der Waals surface area contributed by atoms with Crippen molar-refractivity contribution in [2.75, 3.05) is 19.6 Å². The highest BCUT2D eigenvalue weighted by atomic mass is 35.5. The molecule has 0 aromatic carbocycles. The van der Waals surface area contributed by atoms with E-state index in [4.69, 9.17) is 10.5 Å². The molecule has 3 N–H and O–H groups in total. The smallest absolute Gasteiger partial charge is 0.249 e. The number of nitrogens with zero attached hydrogens (tertiary/aromatic N) is 1. The Bertz CT molecular complexity index is 359. The summed E-state index contributed by atoms with van der Waals surface area (Å²) in [5.74, 6) is 0.0743. The summed E-state index contributed by atoms with van der Waals surface area (Å²) in [6.07, 6.45) is 9.21. The van der Waals surface area contributed by atoms with Crippen molar-refractivity contribution in [2.45, 2.75) is 75.7 Å². The molecule has 0 unspecified atom stereocenters. The first-order valence-electron chi connectivity index (χ1n) is 8.66. The third-order valence-corrected chi connectivity index (χ3v) is 5.38. The number of nitrogens with one attached hydrogen (secondary N) is 1. The van der Waals surface area contributed by atoms with Crippen molar-refractivity contribution in [2.24, 2.45) is 5.73 Å². The zero-order valence-electron chi connectivity index (χ0n) is 13.7. The molecule has 0 bridgehead atoms. The highest BCUT2D eigenvalue weighted by Gasteiger charge is 2.32. The number of piperidine rings is 1. The van der Waals surface area contributed by atoms with Gasteiger partial charge in [0.15, 0.2) is 0 Å². The van der Waals surface area contributed by atoms with Gasteiger partial charge >= 0.3 is 0 Å². The third-order valence-electron chi connectivity index (χ3n) is 5.38. The fourth-order valence-corrected chi connectivity index (χ4v) is 4.04. The van der Waals surface area contributed by atoms with Crippen LogP contribution in [0.25, 0.3) is 0 Å². The highest BCUT2D eigenvalue weighted by molar-refractivity contribution is 5.85. The lowest BCUT2D eigenvalue weighted by molar-refractivity contribution is -0.132. The number of nitrogens with two attached hydrogens (primary N) is 1. The lowest BCUT2D eigenvalue weighted by Gasteiger charge is -2.36. The van der Waals surface area contributed by atoms with Crippen LogP contribution in [0, 0.1) is 0 Å². The van der Waals surface area contributed by atoms with E-state index in [2.05, 4.69) is 10.2 Å². The fourth-order valence-electron chi connectivity index (χ4n) is 4.04. The first kappa shape index (κ1) is 21.0. The summed E-state index contributed by atoms with van der Waals surface area (Å²) in [5.41, 5.74) is 5.59. The average Bonchev–Trinajstić information content (AvgIpc) is 3.19. The van der Waals surface area contributed by atoms with Gasteiger partial charge < -0.3 is 20.7 Å². The SMILES string of the molecule is Cl.Cl.NC[C@H]1CC[C@@H](C(=O)NC2CCN(C3CCCC3)CC2)O1. The van der Waals surface area contributed by atoms with Gasteiger partial charge in [0, 0.05) is 31.7 Å². The Hall–Kier alpha value is -0.0700. The van der Waals surface area contributed by atoms with Gasteiger partial charge in [0.25, 0.3) is 0 Å². The molecule has 0 aromatic rings. The number of hydrogen-bond acceptors (Lipinski definition) is 4. The molecule has 3 rings (SSSR count). The molecule has 3 fully saturated rings. The van der Waals surface area contributed by atoms with Crippen LogP contribution in [0.2, 0.25) is 0 Å². The van der Waals surface area contributed by atoms with Gasteiger partial charge in [-0.2, -0.15) is 0 Å². The Kier molecular flexibility index (Phi) is 9.16. The van der Waals surface area contributed by atoms with E-state index >= 15 is 0 Å². The minimum atomic E-state index is -0.272. The van der Waals surface area contributed by atoms with E-state index in [1.807, 2.05) is 0 Å².